The Kier molecular flexibility index (Phi) is 4.37. The predicted molar refractivity (Wildman–Crippen MR) is 109 cm³/mol. The minimum Gasteiger partial charge on any atom is -0.440 e. The van der Waals surface area contributed by atoms with Crippen molar-refractivity contribution < 1.29 is 9.21 Å². The molecule has 0 aliphatic rings. The molecule has 4 rings (SSSR count). The summed E-state index contributed by atoms with van der Waals surface area (Å²) in [6.07, 6.45) is 1.70. The summed E-state index contributed by atoms with van der Waals surface area (Å²) in [4.78, 5) is 22.1. The number of carbonyl (C=O) groups is 1. The number of benzene rings is 1. The zero-order valence-electron chi connectivity index (χ0n) is 16.6. The van der Waals surface area contributed by atoms with Gasteiger partial charge in [-0.15, -0.1) is 0 Å². The van der Waals surface area contributed by atoms with E-state index in [2.05, 4.69) is 20.4 Å². The molecule has 3 heterocycles. The normalized spacial score (nSPS) is 11.8. The van der Waals surface area contributed by atoms with Gasteiger partial charge in [0.1, 0.15) is 5.52 Å². The van der Waals surface area contributed by atoms with Gasteiger partial charge in [-0.05, 0) is 45.0 Å². The fourth-order valence-corrected chi connectivity index (χ4v) is 3.18. The molecule has 0 saturated heterocycles. The van der Waals surface area contributed by atoms with E-state index in [4.69, 9.17) is 4.42 Å². The van der Waals surface area contributed by atoms with Crippen LogP contribution in [0.3, 0.4) is 0 Å². The third-order valence-corrected chi connectivity index (χ3v) is 4.58. The maximum atomic E-state index is 13.0. The topological polar surface area (TPSA) is 85.8 Å². The van der Waals surface area contributed by atoms with Crippen LogP contribution in [0.15, 0.2) is 34.9 Å². The lowest BCUT2D eigenvalue weighted by Gasteiger charge is -2.09. The van der Waals surface area contributed by atoms with Gasteiger partial charge >= 0.3 is 0 Å². The zero-order chi connectivity index (χ0) is 20.0. The molecule has 1 aromatic carbocycles. The number of pyridine rings is 1. The summed E-state index contributed by atoms with van der Waals surface area (Å²) < 4.78 is 7.56. The highest BCUT2D eigenvalue weighted by Crippen LogP contribution is 2.25. The number of nitrogens with one attached hydrogen (secondary N) is 1. The van der Waals surface area contributed by atoms with E-state index in [0.717, 1.165) is 16.6 Å². The number of amides is 1. The summed E-state index contributed by atoms with van der Waals surface area (Å²) in [5.74, 6) is 0.688. The molecule has 1 N–H and O–H groups in total. The summed E-state index contributed by atoms with van der Waals surface area (Å²) in [5, 5.41) is 8.10. The van der Waals surface area contributed by atoms with Crippen molar-refractivity contribution in [1.82, 2.24) is 19.7 Å². The highest BCUT2D eigenvalue weighted by molar-refractivity contribution is 6.12. The zero-order valence-corrected chi connectivity index (χ0v) is 16.6. The summed E-state index contributed by atoms with van der Waals surface area (Å²) in [7, 11) is 0. The molecule has 144 valence electrons. The Hall–Kier alpha value is -3.22. The van der Waals surface area contributed by atoms with E-state index in [0.29, 0.717) is 28.4 Å². The van der Waals surface area contributed by atoms with Gasteiger partial charge < -0.3 is 9.73 Å². The highest BCUT2D eigenvalue weighted by Gasteiger charge is 2.18. The second-order valence-corrected chi connectivity index (χ2v) is 7.57. The third-order valence-electron chi connectivity index (χ3n) is 4.58. The van der Waals surface area contributed by atoms with Gasteiger partial charge in [-0.1, -0.05) is 13.8 Å². The molecular weight excluding hydrogens is 354 g/mol. The van der Waals surface area contributed by atoms with Crippen LogP contribution in [-0.4, -0.2) is 25.7 Å². The van der Waals surface area contributed by atoms with Crippen LogP contribution in [0, 0.1) is 6.92 Å². The number of nitrogens with zero attached hydrogens (tertiary/aromatic N) is 4. The number of aromatic nitrogens is 4. The fourth-order valence-electron chi connectivity index (χ4n) is 3.18. The molecule has 4 aromatic rings. The van der Waals surface area contributed by atoms with E-state index in [1.807, 2.05) is 57.5 Å². The van der Waals surface area contributed by atoms with Gasteiger partial charge in [0.25, 0.3) is 5.91 Å². The van der Waals surface area contributed by atoms with Crippen molar-refractivity contribution in [2.75, 3.05) is 5.32 Å². The molecular formula is C21H23N5O2. The van der Waals surface area contributed by atoms with E-state index < -0.39 is 0 Å². The Morgan fingerprint density at radius 2 is 1.93 bits per heavy atom. The Balaban J connectivity index is 1.69. The largest absolute Gasteiger partial charge is 0.440 e. The summed E-state index contributed by atoms with van der Waals surface area (Å²) >= 11 is 0. The number of rotatable bonds is 4. The molecule has 28 heavy (non-hydrogen) atoms. The molecule has 0 unspecified atom stereocenters. The number of fused-ring (bicyclic) bond motifs is 2. The number of hydrogen-bond acceptors (Lipinski definition) is 5. The quantitative estimate of drug-likeness (QED) is 0.550. The van der Waals surface area contributed by atoms with Crippen molar-refractivity contribution in [3.05, 3.63) is 47.6 Å². The smallest absolute Gasteiger partial charge is 0.256 e. The Bertz CT molecular complexity index is 1190. The lowest BCUT2D eigenvalue weighted by Crippen LogP contribution is -2.13. The van der Waals surface area contributed by atoms with Gasteiger partial charge in [0.05, 0.1) is 17.1 Å². The molecule has 7 heteroatoms. The van der Waals surface area contributed by atoms with E-state index in [1.165, 1.54) is 0 Å². The molecule has 0 atom stereocenters. The summed E-state index contributed by atoms with van der Waals surface area (Å²) in [5.41, 5.74) is 4.15. The Morgan fingerprint density at radius 3 is 2.64 bits per heavy atom. The van der Waals surface area contributed by atoms with E-state index in [-0.39, 0.29) is 17.9 Å². The van der Waals surface area contributed by atoms with Crippen molar-refractivity contribution in [2.24, 2.45) is 0 Å². The maximum absolute atomic E-state index is 13.0. The molecule has 0 saturated carbocycles. The van der Waals surface area contributed by atoms with Gasteiger partial charge in [0, 0.05) is 23.3 Å². The Morgan fingerprint density at radius 1 is 1.14 bits per heavy atom. The molecule has 1 amide bonds. The van der Waals surface area contributed by atoms with Crippen LogP contribution in [0.4, 0.5) is 5.69 Å². The molecule has 0 aliphatic carbocycles. The molecule has 0 fully saturated rings. The van der Waals surface area contributed by atoms with Crippen LogP contribution < -0.4 is 5.32 Å². The van der Waals surface area contributed by atoms with E-state index >= 15 is 0 Å². The number of anilines is 1. The minimum atomic E-state index is -0.203. The van der Waals surface area contributed by atoms with Crippen molar-refractivity contribution in [3.63, 3.8) is 0 Å². The molecule has 0 bridgehead atoms. The average molecular weight is 377 g/mol. The minimum absolute atomic E-state index is 0.160. The number of carbonyl (C=O) groups excluding carboxylic acids is 1. The SMILES string of the molecule is Cc1cc(C(=O)Nc2ccc3oc(C(C)C)nc3c2)c2cnn(C(C)C)c2n1. The lowest BCUT2D eigenvalue weighted by atomic mass is 10.1. The second kappa shape index (κ2) is 6.74. The van der Waals surface area contributed by atoms with Gasteiger partial charge in [-0.3, -0.25) is 4.79 Å². The van der Waals surface area contributed by atoms with Crippen molar-refractivity contribution >= 4 is 33.7 Å². The van der Waals surface area contributed by atoms with Gasteiger partial charge in [0.15, 0.2) is 17.1 Å². The molecule has 0 aliphatic heterocycles. The maximum Gasteiger partial charge on any atom is 0.256 e. The van der Waals surface area contributed by atoms with Crippen LogP contribution in [0.2, 0.25) is 0 Å². The van der Waals surface area contributed by atoms with Crippen LogP contribution >= 0.6 is 0 Å². The second-order valence-electron chi connectivity index (χ2n) is 7.57. The Labute approximate surface area is 162 Å². The number of hydrogen-bond donors (Lipinski definition) is 1. The highest BCUT2D eigenvalue weighted by atomic mass is 16.3. The number of aryl methyl sites for hydroxylation is 1. The molecule has 0 spiro atoms. The van der Waals surface area contributed by atoms with Crippen molar-refractivity contribution in [2.45, 2.75) is 46.6 Å². The van der Waals surface area contributed by atoms with Crippen LogP contribution in [0.1, 0.15) is 61.6 Å². The van der Waals surface area contributed by atoms with Crippen LogP contribution in [-0.2, 0) is 0 Å². The standard InChI is InChI=1S/C21H23N5O2/c1-11(2)21-25-17-9-14(6-7-18(17)28-21)24-20(27)15-8-13(5)23-19-16(15)10-22-26(19)12(3)4/h6-12H,1-5H3,(H,24,27). The molecule has 7 nitrogen and oxygen atoms in total. The van der Waals surface area contributed by atoms with Crippen LogP contribution in [0.25, 0.3) is 22.1 Å². The fraction of sp³-hybridized carbons (Fsp3) is 0.333. The first kappa shape index (κ1) is 18.2. The van der Waals surface area contributed by atoms with Gasteiger partial charge in [-0.2, -0.15) is 5.10 Å². The van der Waals surface area contributed by atoms with Gasteiger partial charge in [0.2, 0.25) is 0 Å². The average Bonchev–Trinajstić information content (AvgIpc) is 3.24. The summed E-state index contributed by atoms with van der Waals surface area (Å²) in [6, 6.07) is 7.42. The lowest BCUT2D eigenvalue weighted by molar-refractivity contribution is 0.102. The van der Waals surface area contributed by atoms with Crippen molar-refractivity contribution in [1.29, 1.82) is 0 Å². The van der Waals surface area contributed by atoms with E-state index in [9.17, 15) is 4.79 Å². The summed E-state index contributed by atoms with van der Waals surface area (Å²) in [6.45, 7) is 10.0. The first-order valence-corrected chi connectivity index (χ1v) is 9.40. The van der Waals surface area contributed by atoms with Crippen molar-refractivity contribution in [3.8, 4) is 0 Å². The monoisotopic (exact) mass is 377 g/mol. The third kappa shape index (κ3) is 3.13. The molecule has 3 aromatic heterocycles. The van der Waals surface area contributed by atoms with Crippen LogP contribution in [0.5, 0.6) is 0 Å². The number of oxazole rings is 1. The first-order valence-electron chi connectivity index (χ1n) is 9.40. The van der Waals surface area contributed by atoms with Gasteiger partial charge in [-0.25, -0.2) is 14.6 Å². The van der Waals surface area contributed by atoms with E-state index in [1.54, 1.807) is 12.3 Å². The first-order chi connectivity index (χ1) is 13.3. The molecule has 0 radical (unpaired) electrons. The predicted octanol–water partition coefficient (Wildman–Crippen LogP) is 4.84.